The minimum absolute atomic E-state index is 0.0605. The molecule has 1 amide bonds. The molecular formula is C11H20N2O3. The maximum absolute atomic E-state index is 11.8. The summed E-state index contributed by atoms with van der Waals surface area (Å²) >= 11 is 0. The van der Waals surface area contributed by atoms with Crippen molar-refractivity contribution in [2.75, 3.05) is 6.54 Å². The smallest absolute Gasteiger partial charge is 0.303 e. The Kier molecular flexibility index (Phi) is 3.91. The average molecular weight is 228 g/mol. The maximum Gasteiger partial charge on any atom is 0.303 e. The Bertz CT molecular complexity index is 285. The molecule has 0 heterocycles. The third kappa shape index (κ3) is 3.48. The van der Waals surface area contributed by atoms with E-state index in [2.05, 4.69) is 5.32 Å². The number of hydrogen-bond donors (Lipinski definition) is 3. The lowest BCUT2D eigenvalue weighted by Crippen LogP contribution is -2.54. The number of rotatable bonds is 6. The van der Waals surface area contributed by atoms with Gasteiger partial charge in [0.25, 0.3) is 0 Å². The molecule has 0 radical (unpaired) electrons. The van der Waals surface area contributed by atoms with Gasteiger partial charge in [0.15, 0.2) is 0 Å². The number of carboxylic acid groups (broad SMARTS) is 1. The van der Waals surface area contributed by atoms with Gasteiger partial charge in [0.05, 0.1) is 5.54 Å². The molecule has 92 valence electrons. The number of nitrogens with two attached hydrogens (primary N) is 1. The van der Waals surface area contributed by atoms with E-state index in [0.29, 0.717) is 6.54 Å². The van der Waals surface area contributed by atoms with Crippen LogP contribution < -0.4 is 11.1 Å². The van der Waals surface area contributed by atoms with Crippen molar-refractivity contribution in [3.63, 3.8) is 0 Å². The van der Waals surface area contributed by atoms with Crippen LogP contribution in [0.3, 0.4) is 0 Å². The highest BCUT2D eigenvalue weighted by molar-refractivity contribution is 5.86. The fourth-order valence-electron chi connectivity index (χ4n) is 1.70. The molecule has 0 aromatic heterocycles. The number of amides is 1. The van der Waals surface area contributed by atoms with Crippen LogP contribution in [0.5, 0.6) is 0 Å². The molecule has 1 aliphatic carbocycles. The number of carboxylic acids is 1. The van der Waals surface area contributed by atoms with Crippen LogP contribution in [-0.2, 0) is 9.59 Å². The van der Waals surface area contributed by atoms with Crippen molar-refractivity contribution in [3.05, 3.63) is 0 Å². The number of hydrogen-bond acceptors (Lipinski definition) is 3. The molecule has 0 aromatic carbocycles. The molecule has 1 aliphatic rings. The standard InChI is InChI=1S/C11H20N2O3/c1-7(5-9(14)15)6-13-10(16)11(2,12)8-3-4-8/h7-8H,3-6,12H2,1-2H3,(H,13,16)(H,14,15). The van der Waals surface area contributed by atoms with E-state index in [4.69, 9.17) is 10.8 Å². The molecule has 0 saturated heterocycles. The van der Waals surface area contributed by atoms with Crippen LogP contribution in [0.15, 0.2) is 0 Å². The molecule has 0 spiro atoms. The van der Waals surface area contributed by atoms with Crippen LogP contribution in [0.2, 0.25) is 0 Å². The van der Waals surface area contributed by atoms with Crippen LogP contribution in [-0.4, -0.2) is 29.1 Å². The van der Waals surface area contributed by atoms with E-state index in [9.17, 15) is 9.59 Å². The predicted molar refractivity (Wildman–Crippen MR) is 59.7 cm³/mol. The number of carbonyl (C=O) groups excluding carboxylic acids is 1. The zero-order chi connectivity index (χ0) is 12.3. The summed E-state index contributed by atoms with van der Waals surface area (Å²) in [6.45, 7) is 3.89. The van der Waals surface area contributed by atoms with Crippen molar-refractivity contribution in [2.45, 2.75) is 38.6 Å². The molecule has 2 atom stereocenters. The van der Waals surface area contributed by atoms with Gasteiger partial charge in [-0.05, 0) is 31.6 Å². The molecule has 0 aliphatic heterocycles. The quantitative estimate of drug-likeness (QED) is 0.611. The second-order valence-electron chi connectivity index (χ2n) is 4.97. The van der Waals surface area contributed by atoms with Crippen molar-refractivity contribution in [2.24, 2.45) is 17.6 Å². The van der Waals surface area contributed by atoms with Crippen LogP contribution in [0.1, 0.15) is 33.1 Å². The summed E-state index contributed by atoms with van der Waals surface area (Å²) in [7, 11) is 0. The van der Waals surface area contributed by atoms with Gasteiger partial charge in [-0.3, -0.25) is 9.59 Å². The fourth-order valence-corrected chi connectivity index (χ4v) is 1.70. The van der Waals surface area contributed by atoms with Crippen LogP contribution in [0.4, 0.5) is 0 Å². The first-order chi connectivity index (χ1) is 7.34. The van der Waals surface area contributed by atoms with E-state index in [1.165, 1.54) is 0 Å². The van der Waals surface area contributed by atoms with Gasteiger partial charge in [-0.25, -0.2) is 0 Å². The molecule has 5 nitrogen and oxygen atoms in total. The van der Waals surface area contributed by atoms with E-state index >= 15 is 0 Å². The van der Waals surface area contributed by atoms with E-state index < -0.39 is 11.5 Å². The van der Waals surface area contributed by atoms with Crippen molar-refractivity contribution >= 4 is 11.9 Å². The molecule has 16 heavy (non-hydrogen) atoms. The summed E-state index contributed by atoms with van der Waals surface area (Å²) in [4.78, 5) is 22.2. The third-order valence-electron chi connectivity index (χ3n) is 3.05. The Morgan fingerprint density at radius 1 is 1.56 bits per heavy atom. The van der Waals surface area contributed by atoms with Crippen LogP contribution in [0.25, 0.3) is 0 Å². The SMILES string of the molecule is CC(CNC(=O)C(C)(N)C1CC1)CC(=O)O. The Morgan fingerprint density at radius 3 is 2.56 bits per heavy atom. The first-order valence-electron chi connectivity index (χ1n) is 5.63. The summed E-state index contributed by atoms with van der Waals surface area (Å²) in [6.07, 6.45) is 2.07. The molecule has 1 rings (SSSR count). The summed E-state index contributed by atoms with van der Waals surface area (Å²) in [5.41, 5.74) is 5.12. The topological polar surface area (TPSA) is 92.4 Å². The lowest BCUT2D eigenvalue weighted by Gasteiger charge is -2.24. The first-order valence-corrected chi connectivity index (χ1v) is 5.63. The number of carbonyl (C=O) groups is 2. The molecule has 0 aromatic rings. The zero-order valence-electron chi connectivity index (χ0n) is 9.82. The molecule has 0 bridgehead atoms. The Morgan fingerprint density at radius 2 is 2.12 bits per heavy atom. The second-order valence-corrected chi connectivity index (χ2v) is 4.97. The summed E-state index contributed by atoms with van der Waals surface area (Å²) in [5, 5.41) is 11.3. The highest BCUT2D eigenvalue weighted by Gasteiger charge is 2.43. The van der Waals surface area contributed by atoms with Gasteiger partial charge in [0.2, 0.25) is 5.91 Å². The summed E-state index contributed by atoms with van der Waals surface area (Å²) < 4.78 is 0. The van der Waals surface area contributed by atoms with Crippen molar-refractivity contribution in [1.82, 2.24) is 5.32 Å². The van der Waals surface area contributed by atoms with Crippen LogP contribution in [0, 0.1) is 11.8 Å². The number of nitrogens with one attached hydrogen (secondary N) is 1. The minimum Gasteiger partial charge on any atom is -0.481 e. The second kappa shape index (κ2) is 4.82. The van der Waals surface area contributed by atoms with Gasteiger partial charge in [0.1, 0.15) is 0 Å². The Labute approximate surface area is 95.4 Å². The van der Waals surface area contributed by atoms with Gasteiger partial charge in [-0.1, -0.05) is 6.92 Å². The number of aliphatic carboxylic acids is 1. The van der Waals surface area contributed by atoms with Crippen molar-refractivity contribution < 1.29 is 14.7 Å². The zero-order valence-corrected chi connectivity index (χ0v) is 9.82. The predicted octanol–water partition coefficient (Wildman–Crippen LogP) is 0.341. The van der Waals surface area contributed by atoms with Gasteiger partial charge < -0.3 is 16.2 Å². The van der Waals surface area contributed by atoms with Gasteiger partial charge >= 0.3 is 5.97 Å². The fraction of sp³-hybridized carbons (Fsp3) is 0.818. The van der Waals surface area contributed by atoms with Gasteiger partial charge in [0, 0.05) is 13.0 Å². The van der Waals surface area contributed by atoms with Crippen LogP contribution >= 0.6 is 0 Å². The first kappa shape index (κ1) is 13.0. The lowest BCUT2D eigenvalue weighted by atomic mass is 9.96. The van der Waals surface area contributed by atoms with E-state index in [0.717, 1.165) is 12.8 Å². The molecule has 5 heteroatoms. The normalized spacial score (nSPS) is 20.9. The summed E-state index contributed by atoms with van der Waals surface area (Å²) in [5.74, 6) is -0.814. The Hall–Kier alpha value is -1.10. The molecule has 1 fully saturated rings. The summed E-state index contributed by atoms with van der Waals surface area (Å²) in [6, 6.07) is 0. The van der Waals surface area contributed by atoms with Crippen molar-refractivity contribution in [1.29, 1.82) is 0 Å². The van der Waals surface area contributed by atoms with E-state index in [1.807, 2.05) is 0 Å². The van der Waals surface area contributed by atoms with E-state index in [-0.39, 0.29) is 24.2 Å². The van der Waals surface area contributed by atoms with Gasteiger partial charge in [-0.15, -0.1) is 0 Å². The Balaban J connectivity index is 2.31. The highest BCUT2D eigenvalue weighted by Crippen LogP contribution is 2.38. The highest BCUT2D eigenvalue weighted by atomic mass is 16.4. The monoisotopic (exact) mass is 228 g/mol. The van der Waals surface area contributed by atoms with E-state index in [1.54, 1.807) is 13.8 Å². The lowest BCUT2D eigenvalue weighted by molar-refractivity contribution is -0.138. The molecule has 1 saturated carbocycles. The molecule has 4 N–H and O–H groups in total. The average Bonchev–Trinajstić information content (AvgIpc) is 2.95. The molecular weight excluding hydrogens is 208 g/mol. The maximum atomic E-state index is 11.8. The largest absolute Gasteiger partial charge is 0.481 e. The van der Waals surface area contributed by atoms with Gasteiger partial charge in [-0.2, -0.15) is 0 Å². The minimum atomic E-state index is -0.848. The van der Waals surface area contributed by atoms with Crippen molar-refractivity contribution in [3.8, 4) is 0 Å². The third-order valence-corrected chi connectivity index (χ3v) is 3.05. The molecule has 2 unspecified atom stereocenters.